The van der Waals surface area contributed by atoms with Gasteiger partial charge < -0.3 is 30.1 Å². The number of piperidine rings is 2. The Labute approximate surface area is 327 Å². The third-order valence-corrected chi connectivity index (χ3v) is 10.4. The molecule has 5 N–H and O–H groups in total. The van der Waals surface area contributed by atoms with Crippen molar-refractivity contribution in [1.29, 1.82) is 0 Å². The number of amides is 6. The second kappa shape index (κ2) is 15.8. The number of aromatic hydroxyl groups is 2. The molecule has 0 aliphatic carbocycles. The lowest BCUT2D eigenvalue weighted by molar-refractivity contribution is -0.136. The highest BCUT2D eigenvalue weighted by Gasteiger charge is 2.40. The van der Waals surface area contributed by atoms with Gasteiger partial charge in [-0.2, -0.15) is 0 Å². The lowest BCUT2D eigenvalue weighted by Gasteiger charge is -2.31. The molecule has 3 aliphatic rings. The molecule has 57 heavy (non-hydrogen) atoms. The number of phenols is 2. The van der Waals surface area contributed by atoms with Gasteiger partial charge in [-0.05, 0) is 67.3 Å². The number of fused-ring (bicyclic) bond motifs is 1. The molecule has 0 spiro atoms. The maximum Gasteiger partial charge on any atom is 0.411 e. The van der Waals surface area contributed by atoms with Crippen LogP contribution in [0.2, 0.25) is 0 Å². The number of anilines is 1. The first kappa shape index (κ1) is 38.5. The standard InChI is InChI=1S/C40H42N8O9/c1-4-41-37(53)35-45-44-34(27-18-26(21(2)3)31(49)19-32(27)50)48(35)23-10-8-22(9-11-23)38(54)46-16-14-24(15-17-46)57-40(56)42-29-7-5-6-25-28(29)20-47(39(25)55)30-12-13-33(51)43-36(30)52/h5-11,18-19,21,24,30,49-50H,4,12-17,20H2,1-3H3,(H,41,53)(H,42,56)(H,43,51,52). The third-order valence-electron chi connectivity index (χ3n) is 10.4. The Kier molecular flexibility index (Phi) is 10.6. The van der Waals surface area contributed by atoms with Crippen LogP contribution in [0, 0.1) is 0 Å². The van der Waals surface area contributed by atoms with E-state index in [9.17, 15) is 39.0 Å². The molecular weight excluding hydrogens is 736 g/mol. The molecule has 2 fully saturated rings. The van der Waals surface area contributed by atoms with Gasteiger partial charge in [0.25, 0.3) is 17.7 Å². The lowest BCUT2D eigenvalue weighted by Crippen LogP contribution is -2.52. The summed E-state index contributed by atoms with van der Waals surface area (Å²) in [6.45, 7) is 6.64. The number of carbonyl (C=O) groups is 6. The summed E-state index contributed by atoms with van der Waals surface area (Å²) in [5, 5.41) is 37.3. The number of ether oxygens (including phenoxy) is 1. The zero-order chi connectivity index (χ0) is 40.5. The van der Waals surface area contributed by atoms with E-state index in [-0.39, 0.29) is 71.7 Å². The first-order valence-corrected chi connectivity index (χ1v) is 18.8. The van der Waals surface area contributed by atoms with Gasteiger partial charge in [0.15, 0.2) is 5.82 Å². The van der Waals surface area contributed by atoms with Crippen molar-refractivity contribution in [3.8, 4) is 28.6 Å². The Morgan fingerprint density at radius 2 is 1.68 bits per heavy atom. The Morgan fingerprint density at radius 3 is 2.37 bits per heavy atom. The van der Waals surface area contributed by atoms with Crippen molar-refractivity contribution in [1.82, 2.24) is 35.2 Å². The molecule has 296 valence electrons. The normalized spacial score (nSPS) is 17.1. The summed E-state index contributed by atoms with van der Waals surface area (Å²) in [6, 6.07) is 13.5. The molecule has 17 nitrogen and oxygen atoms in total. The van der Waals surface area contributed by atoms with E-state index < -0.39 is 30.1 Å². The largest absolute Gasteiger partial charge is 0.508 e. The van der Waals surface area contributed by atoms with Crippen LogP contribution in [-0.2, 0) is 20.9 Å². The highest BCUT2D eigenvalue weighted by Crippen LogP contribution is 2.38. The molecule has 7 rings (SSSR count). The molecule has 2 saturated heterocycles. The number of hydrogen-bond donors (Lipinski definition) is 5. The molecule has 0 radical (unpaired) electrons. The molecule has 3 aromatic carbocycles. The number of likely N-dealkylation sites (tertiary alicyclic amines) is 1. The quantitative estimate of drug-likeness (QED) is 0.154. The summed E-state index contributed by atoms with van der Waals surface area (Å²) in [7, 11) is 0. The van der Waals surface area contributed by atoms with Crippen molar-refractivity contribution in [3.05, 3.63) is 82.7 Å². The van der Waals surface area contributed by atoms with E-state index in [1.807, 2.05) is 13.8 Å². The van der Waals surface area contributed by atoms with Crippen LogP contribution < -0.4 is 16.0 Å². The molecule has 0 bridgehead atoms. The van der Waals surface area contributed by atoms with E-state index in [1.54, 1.807) is 60.4 Å². The number of benzene rings is 3. The molecule has 3 aliphatic heterocycles. The fourth-order valence-electron chi connectivity index (χ4n) is 7.43. The van der Waals surface area contributed by atoms with Crippen LogP contribution in [0.3, 0.4) is 0 Å². The molecule has 0 saturated carbocycles. The van der Waals surface area contributed by atoms with Crippen molar-refractivity contribution < 1.29 is 43.7 Å². The van der Waals surface area contributed by atoms with Gasteiger partial charge in [0.1, 0.15) is 23.6 Å². The molecular formula is C40H42N8O9. The molecule has 1 aromatic heterocycles. The predicted octanol–water partition coefficient (Wildman–Crippen LogP) is 3.83. The second-order valence-electron chi connectivity index (χ2n) is 14.4. The van der Waals surface area contributed by atoms with Crippen LogP contribution in [0.15, 0.2) is 54.6 Å². The molecule has 1 atom stereocenters. The minimum absolute atomic E-state index is 0.0325. The number of phenolic OH excluding ortho intramolecular Hbond substituents is 2. The van der Waals surface area contributed by atoms with Gasteiger partial charge in [-0.25, -0.2) is 4.79 Å². The van der Waals surface area contributed by atoms with Crippen LogP contribution in [0.1, 0.15) is 94.8 Å². The summed E-state index contributed by atoms with van der Waals surface area (Å²) in [6.07, 6.45) is -0.0502. The minimum atomic E-state index is -0.785. The minimum Gasteiger partial charge on any atom is -0.508 e. The number of rotatable bonds is 9. The predicted molar refractivity (Wildman–Crippen MR) is 204 cm³/mol. The first-order chi connectivity index (χ1) is 27.3. The molecule has 6 amide bonds. The van der Waals surface area contributed by atoms with Gasteiger partial charge in [0, 0.05) is 79.6 Å². The zero-order valence-electron chi connectivity index (χ0n) is 31.6. The van der Waals surface area contributed by atoms with Crippen molar-refractivity contribution in [2.24, 2.45) is 0 Å². The summed E-state index contributed by atoms with van der Waals surface area (Å²) in [5.74, 6) is -2.24. The summed E-state index contributed by atoms with van der Waals surface area (Å²) >= 11 is 0. The van der Waals surface area contributed by atoms with E-state index in [0.29, 0.717) is 66.1 Å². The average molecular weight is 779 g/mol. The fraction of sp³-hybridized carbons (Fsp3) is 0.350. The highest BCUT2D eigenvalue weighted by atomic mass is 16.6. The molecule has 4 heterocycles. The molecule has 4 aromatic rings. The van der Waals surface area contributed by atoms with E-state index in [4.69, 9.17) is 4.74 Å². The van der Waals surface area contributed by atoms with Crippen LogP contribution in [0.25, 0.3) is 17.1 Å². The second-order valence-corrected chi connectivity index (χ2v) is 14.4. The Bertz CT molecular complexity index is 2280. The summed E-state index contributed by atoms with van der Waals surface area (Å²) < 4.78 is 7.19. The molecule has 1 unspecified atom stereocenters. The number of nitrogens with zero attached hydrogens (tertiary/aromatic N) is 5. The van der Waals surface area contributed by atoms with Crippen LogP contribution in [-0.4, -0.2) is 102 Å². The monoisotopic (exact) mass is 778 g/mol. The van der Waals surface area contributed by atoms with Crippen molar-refractivity contribution in [2.45, 2.75) is 71.1 Å². The van der Waals surface area contributed by atoms with Crippen LogP contribution in [0.5, 0.6) is 11.5 Å². The van der Waals surface area contributed by atoms with Gasteiger partial charge in [-0.1, -0.05) is 19.9 Å². The van der Waals surface area contributed by atoms with Crippen LogP contribution >= 0.6 is 0 Å². The van der Waals surface area contributed by atoms with Gasteiger partial charge in [0.05, 0.1) is 5.56 Å². The van der Waals surface area contributed by atoms with Gasteiger partial charge in [-0.15, -0.1) is 10.2 Å². The van der Waals surface area contributed by atoms with Crippen LogP contribution in [0.4, 0.5) is 10.5 Å². The highest BCUT2D eigenvalue weighted by molar-refractivity contribution is 6.06. The number of hydrogen-bond acceptors (Lipinski definition) is 11. The lowest BCUT2D eigenvalue weighted by atomic mass is 9.98. The number of nitrogens with one attached hydrogen (secondary N) is 3. The maximum atomic E-state index is 13.6. The van der Waals surface area contributed by atoms with E-state index in [1.165, 1.54) is 15.5 Å². The summed E-state index contributed by atoms with van der Waals surface area (Å²) in [4.78, 5) is 80.0. The Morgan fingerprint density at radius 1 is 0.947 bits per heavy atom. The number of imide groups is 1. The van der Waals surface area contributed by atoms with E-state index in [2.05, 4.69) is 26.1 Å². The topological polar surface area (TPSA) is 225 Å². The first-order valence-electron chi connectivity index (χ1n) is 18.8. The average Bonchev–Trinajstić information content (AvgIpc) is 3.77. The van der Waals surface area contributed by atoms with Gasteiger partial charge >= 0.3 is 6.09 Å². The number of carbonyl (C=O) groups excluding carboxylic acids is 6. The van der Waals surface area contributed by atoms with E-state index >= 15 is 0 Å². The zero-order valence-corrected chi connectivity index (χ0v) is 31.6. The smallest absolute Gasteiger partial charge is 0.411 e. The Hall–Kier alpha value is -6.78. The number of aromatic nitrogens is 3. The van der Waals surface area contributed by atoms with Crippen molar-refractivity contribution >= 4 is 41.3 Å². The maximum absolute atomic E-state index is 13.6. The van der Waals surface area contributed by atoms with Gasteiger partial charge in [0.2, 0.25) is 17.6 Å². The SMILES string of the molecule is CCNC(=O)c1nnc(-c2cc(C(C)C)c(O)cc2O)n1-c1ccc(C(=O)N2CCC(OC(=O)Nc3cccc4c3CN(C3CCC(=O)NC3=O)C4=O)CC2)cc1. The van der Waals surface area contributed by atoms with Gasteiger partial charge in [-0.3, -0.25) is 39.2 Å². The van der Waals surface area contributed by atoms with Crippen molar-refractivity contribution in [3.63, 3.8) is 0 Å². The Balaban J connectivity index is 0.993. The fourth-order valence-corrected chi connectivity index (χ4v) is 7.43. The van der Waals surface area contributed by atoms with Crippen molar-refractivity contribution in [2.75, 3.05) is 25.0 Å². The van der Waals surface area contributed by atoms with E-state index in [0.717, 1.165) is 0 Å². The summed E-state index contributed by atoms with van der Waals surface area (Å²) in [5.41, 5.74) is 2.98. The third kappa shape index (κ3) is 7.59. The molecule has 17 heteroatoms.